The number of Topliss-reactive ketones (excluding diaryl/α,β-unsaturated/α-hetero) is 1. The Bertz CT molecular complexity index is 878. The van der Waals surface area contributed by atoms with Gasteiger partial charge in [0.25, 0.3) is 5.91 Å². The average molecular weight is 350 g/mol. The van der Waals surface area contributed by atoms with Gasteiger partial charge in [-0.3, -0.25) is 9.59 Å². The van der Waals surface area contributed by atoms with E-state index in [2.05, 4.69) is 5.32 Å². The summed E-state index contributed by atoms with van der Waals surface area (Å²) in [6.07, 6.45) is 0.284. The lowest BCUT2D eigenvalue weighted by Gasteiger charge is -2.13. The van der Waals surface area contributed by atoms with Crippen LogP contribution in [0.4, 0.5) is 14.5 Å². The lowest BCUT2D eigenvalue weighted by molar-refractivity contribution is 0.0859. The van der Waals surface area contributed by atoms with Crippen LogP contribution in [0.1, 0.15) is 40.1 Å². The number of rotatable bonds is 2. The van der Waals surface area contributed by atoms with Crippen molar-refractivity contribution in [3.05, 3.63) is 63.7 Å². The molecule has 124 valence electrons. The van der Waals surface area contributed by atoms with Crippen LogP contribution in [0.3, 0.4) is 0 Å². The molecule has 0 radical (unpaired) electrons. The van der Waals surface area contributed by atoms with E-state index in [4.69, 9.17) is 11.6 Å². The minimum atomic E-state index is -0.751. The first-order valence-corrected chi connectivity index (χ1v) is 7.71. The van der Waals surface area contributed by atoms with E-state index < -0.39 is 23.0 Å². The molecular weight excluding hydrogens is 336 g/mol. The second-order valence-corrected chi connectivity index (χ2v) is 6.83. The van der Waals surface area contributed by atoms with Gasteiger partial charge in [-0.05, 0) is 42.3 Å². The second-order valence-electron chi connectivity index (χ2n) is 6.42. The molecule has 0 spiro atoms. The first-order valence-electron chi connectivity index (χ1n) is 7.33. The van der Waals surface area contributed by atoms with Gasteiger partial charge in [0.05, 0.1) is 10.6 Å². The highest BCUT2D eigenvalue weighted by molar-refractivity contribution is 6.31. The molecule has 0 atom stereocenters. The Morgan fingerprint density at radius 3 is 2.50 bits per heavy atom. The maximum absolute atomic E-state index is 14.0. The number of benzene rings is 2. The van der Waals surface area contributed by atoms with Crippen LogP contribution in [0, 0.1) is 17.0 Å². The summed E-state index contributed by atoms with van der Waals surface area (Å²) in [7, 11) is 0. The fourth-order valence-electron chi connectivity index (χ4n) is 2.89. The van der Waals surface area contributed by atoms with E-state index in [1.165, 1.54) is 18.2 Å². The summed E-state index contributed by atoms with van der Waals surface area (Å²) in [6.45, 7) is 3.44. The predicted octanol–water partition coefficient (Wildman–Crippen LogP) is 4.64. The summed E-state index contributed by atoms with van der Waals surface area (Å²) in [4.78, 5) is 24.8. The molecule has 0 aliphatic heterocycles. The van der Waals surface area contributed by atoms with E-state index in [0.29, 0.717) is 11.3 Å². The molecule has 0 heterocycles. The van der Waals surface area contributed by atoms with E-state index in [1.54, 1.807) is 13.8 Å². The summed E-state index contributed by atoms with van der Waals surface area (Å²) in [6, 6.07) is 6.26. The number of hydrogen-bond acceptors (Lipinski definition) is 2. The van der Waals surface area contributed by atoms with Gasteiger partial charge >= 0.3 is 0 Å². The number of carbonyl (C=O) groups is 2. The average Bonchev–Trinajstić information content (AvgIpc) is 2.74. The molecule has 0 aromatic heterocycles. The third kappa shape index (κ3) is 2.69. The molecule has 1 amide bonds. The first-order chi connectivity index (χ1) is 11.2. The summed E-state index contributed by atoms with van der Waals surface area (Å²) < 4.78 is 27.2. The summed E-state index contributed by atoms with van der Waals surface area (Å²) in [5, 5.41) is 2.48. The molecule has 1 N–H and O–H groups in total. The van der Waals surface area contributed by atoms with E-state index in [9.17, 15) is 18.4 Å². The Hall–Kier alpha value is -2.27. The normalized spacial score (nSPS) is 15.3. The highest BCUT2D eigenvalue weighted by Crippen LogP contribution is 2.39. The molecular formula is C18H14ClF2NO2. The minimum Gasteiger partial charge on any atom is -0.322 e. The summed E-state index contributed by atoms with van der Waals surface area (Å²) in [5.74, 6) is -2.03. The lowest BCUT2D eigenvalue weighted by Crippen LogP contribution is -2.19. The van der Waals surface area contributed by atoms with Gasteiger partial charge in [-0.15, -0.1) is 0 Å². The number of ketones is 1. The monoisotopic (exact) mass is 349 g/mol. The SMILES string of the molecule is CC1(C)Cc2c(C(=O)Nc3ccc(F)c(Cl)c3)ccc(F)c2C1=O. The standard InChI is InChI=1S/C18H14ClF2NO2/c1-18(2)8-11-10(4-6-14(21)15(11)16(18)23)17(24)22-9-3-5-13(20)12(19)7-9/h3-7H,8H2,1-2H3,(H,22,24). The molecule has 0 saturated heterocycles. The van der Waals surface area contributed by atoms with Crippen LogP contribution in [0.2, 0.25) is 5.02 Å². The minimum absolute atomic E-state index is 0.0233. The van der Waals surface area contributed by atoms with E-state index in [-0.39, 0.29) is 28.4 Å². The zero-order valence-corrected chi connectivity index (χ0v) is 13.8. The van der Waals surface area contributed by atoms with E-state index in [0.717, 1.165) is 12.1 Å². The van der Waals surface area contributed by atoms with Crippen molar-refractivity contribution in [2.45, 2.75) is 20.3 Å². The quantitative estimate of drug-likeness (QED) is 0.858. The fraction of sp³-hybridized carbons (Fsp3) is 0.222. The van der Waals surface area contributed by atoms with Crippen LogP contribution < -0.4 is 5.32 Å². The van der Waals surface area contributed by atoms with Gasteiger partial charge in [0.2, 0.25) is 0 Å². The van der Waals surface area contributed by atoms with Crippen molar-refractivity contribution < 1.29 is 18.4 Å². The molecule has 3 rings (SSSR count). The Morgan fingerprint density at radius 2 is 1.83 bits per heavy atom. The lowest BCUT2D eigenvalue weighted by atomic mass is 9.89. The zero-order valence-electron chi connectivity index (χ0n) is 13.0. The highest BCUT2D eigenvalue weighted by Gasteiger charge is 2.41. The highest BCUT2D eigenvalue weighted by atomic mass is 35.5. The van der Waals surface area contributed by atoms with Gasteiger partial charge in [-0.1, -0.05) is 25.4 Å². The molecule has 1 aliphatic carbocycles. The maximum Gasteiger partial charge on any atom is 0.255 e. The van der Waals surface area contributed by atoms with Crippen LogP contribution >= 0.6 is 11.6 Å². The van der Waals surface area contributed by atoms with Gasteiger partial charge in [0.1, 0.15) is 11.6 Å². The number of halogens is 3. The Balaban J connectivity index is 1.98. The molecule has 2 aromatic carbocycles. The van der Waals surface area contributed by atoms with Crippen molar-refractivity contribution in [2.24, 2.45) is 5.41 Å². The van der Waals surface area contributed by atoms with Crippen molar-refractivity contribution in [3.8, 4) is 0 Å². The number of nitrogens with one attached hydrogen (secondary N) is 1. The van der Waals surface area contributed by atoms with Crippen molar-refractivity contribution in [3.63, 3.8) is 0 Å². The molecule has 24 heavy (non-hydrogen) atoms. The van der Waals surface area contributed by atoms with Crippen molar-refractivity contribution in [2.75, 3.05) is 5.32 Å². The Morgan fingerprint density at radius 1 is 1.17 bits per heavy atom. The predicted molar refractivity (Wildman–Crippen MR) is 87.6 cm³/mol. The summed E-state index contributed by atoms with van der Waals surface area (Å²) in [5.41, 5.74) is 0.165. The molecule has 2 aromatic rings. The number of anilines is 1. The van der Waals surface area contributed by atoms with Crippen LogP contribution in [0.25, 0.3) is 0 Å². The third-order valence-electron chi connectivity index (χ3n) is 4.14. The van der Waals surface area contributed by atoms with Crippen LogP contribution in [0.5, 0.6) is 0 Å². The van der Waals surface area contributed by atoms with Crippen molar-refractivity contribution in [1.82, 2.24) is 0 Å². The van der Waals surface area contributed by atoms with Crippen LogP contribution in [-0.4, -0.2) is 11.7 Å². The zero-order chi connectivity index (χ0) is 17.6. The molecule has 6 heteroatoms. The second kappa shape index (κ2) is 5.67. The van der Waals surface area contributed by atoms with Gasteiger partial charge in [-0.2, -0.15) is 0 Å². The Labute approximate surface area is 142 Å². The Kier molecular flexibility index (Phi) is 3.92. The van der Waals surface area contributed by atoms with Crippen molar-refractivity contribution in [1.29, 1.82) is 0 Å². The molecule has 1 aliphatic rings. The van der Waals surface area contributed by atoms with Crippen LogP contribution in [-0.2, 0) is 6.42 Å². The maximum atomic E-state index is 14.0. The van der Waals surface area contributed by atoms with Gasteiger partial charge < -0.3 is 5.32 Å². The number of amides is 1. The third-order valence-corrected chi connectivity index (χ3v) is 4.43. The van der Waals surface area contributed by atoms with Gasteiger partial charge in [-0.25, -0.2) is 8.78 Å². The molecule has 3 nitrogen and oxygen atoms in total. The number of hydrogen-bond donors (Lipinski definition) is 1. The molecule has 0 saturated carbocycles. The number of carbonyl (C=O) groups excluding carboxylic acids is 2. The number of fused-ring (bicyclic) bond motifs is 1. The van der Waals surface area contributed by atoms with Crippen molar-refractivity contribution >= 4 is 29.0 Å². The van der Waals surface area contributed by atoms with Gasteiger partial charge in [0.15, 0.2) is 5.78 Å². The molecule has 0 unspecified atom stereocenters. The topological polar surface area (TPSA) is 46.2 Å². The van der Waals surface area contributed by atoms with E-state index >= 15 is 0 Å². The van der Waals surface area contributed by atoms with Crippen LogP contribution in [0.15, 0.2) is 30.3 Å². The molecule has 0 bridgehead atoms. The largest absolute Gasteiger partial charge is 0.322 e. The molecule has 0 fully saturated rings. The smallest absolute Gasteiger partial charge is 0.255 e. The summed E-state index contributed by atoms with van der Waals surface area (Å²) >= 11 is 5.69. The van der Waals surface area contributed by atoms with Gasteiger partial charge in [0, 0.05) is 16.7 Å². The van der Waals surface area contributed by atoms with E-state index in [1.807, 2.05) is 0 Å². The first kappa shape index (κ1) is 16.6. The fourth-order valence-corrected chi connectivity index (χ4v) is 3.07.